The first-order chi connectivity index (χ1) is 12.2. The van der Waals surface area contributed by atoms with Gasteiger partial charge in [-0.25, -0.2) is 9.97 Å². The van der Waals surface area contributed by atoms with Crippen LogP contribution in [0, 0.1) is 0 Å². The van der Waals surface area contributed by atoms with E-state index < -0.39 is 0 Å². The summed E-state index contributed by atoms with van der Waals surface area (Å²) in [5, 5.41) is 6.42. The number of methoxy groups -OCH3 is 1. The summed E-state index contributed by atoms with van der Waals surface area (Å²) < 4.78 is 11.0. The maximum atomic E-state index is 6.42. The van der Waals surface area contributed by atoms with Crippen molar-refractivity contribution in [2.75, 3.05) is 31.0 Å². The van der Waals surface area contributed by atoms with Gasteiger partial charge in [0.15, 0.2) is 0 Å². The Morgan fingerprint density at radius 2 is 1.96 bits per heavy atom. The van der Waals surface area contributed by atoms with Gasteiger partial charge in [0.2, 0.25) is 11.6 Å². The van der Waals surface area contributed by atoms with Crippen LogP contribution in [-0.4, -0.2) is 48.1 Å². The van der Waals surface area contributed by atoms with Gasteiger partial charge in [0, 0.05) is 12.4 Å². The lowest BCUT2D eigenvalue weighted by Gasteiger charge is -2.35. The number of hydrogen-bond acceptors (Lipinski definition) is 6. The average molecular weight is 340 g/mol. The van der Waals surface area contributed by atoms with Crippen molar-refractivity contribution in [2.45, 2.75) is 24.9 Å². The molecule has 2 bridgehead atoms. The van der Waals surface area contributed by atoms with Crippen molar-refractivity contribution in [1.29, 1.82) is 0 Å². The normalized spacial score (nSPS) is 22.0. The van der Waals surface area contributed by atoms with Gasteiger partial charge in [-0.2, -0.15) is 0 Å². The van der Waals surface area contributed by atoms with E-state index in [1.165, 1.54) is 0 Å². The third-order valence-electron chi connectivity index (χ3n) is 4.97. The van der Waals surface area contributed by atoms with Gasteiger partial charge in [-0.3, -0.25) is 5.41 Å². The van der Waals surface area contributed by atoms with Crippen molar-refractivity contribution in [3.63, 3.8) is 0 Å². The summed E-state index contributed by atoms with van der Waals surface area (Å²) in [4.78, 5) is 11.1. The molecule has 0 aromatic carbocycles. The van der Waals surface area contributed by atoms with Crippen LogP contribution >= 0.6 is 0 Å². The van der Waals surface area contributed by atoms with Gasteiger partial charge in [0.05, 0.1) is 43.7 Å². The predicted octanol–water partition coefficient (Wildman–Crippen LogP) is 0.0315. The number of fused-ring (bicyclic) bond motifs is 2. The zero-order chi connectivity index (χ0) is 17.4. The van der Waals surface area contributed by atoms with E-state index in [1.54, 1.807) is 25.6 Å². The molecule has 7 nitrogen and oxygen atoms in total. The average Bonchev–Trinajstić information content (AvgIpc) is 2.89. The maximum Gasteiger partial charge on any atom is 0.229 e. The molecule has 0 radical (unpaired) electrons. The fourth-order valence-electron chi connectivity index (χ4n) is 3.76. The Kier molecular flexibility index (Phi) is 4.01. The molecule has 2 aromatic rings. The summed E-state index contributed by atoms with van der Waals surface area (Å²) in [6, 6.07) is 6.39. The number of ether oxygens (including phenoxy) is 2. The summed E-state index contributed by atoms with van der Waals surface area (Å²) in [6.45, 7) is 1.51. The van der Waals surface area contributed by atoms with Gasteiger partial charge >= 0.3 is 0 Å². The Morgan fingerprint density at radius 1 is 1.24 bits per heavy atom. The number of pyridine rings is 2. The quantitative estimate of drug-likeness (QED) is 0.762. The molecule has 130 valence electrons. The minimum absolute atomic E-state index is 0.390. The maximum absolute atomic E-state index is 6.42. The summed E-state index contributed by atoms with van der Waals surface area (Å²) in [5.74, 6) is 1.35. The van der Waals surface area contributed by atoms with Crippen LogP contribution in [0.25, 0.3) is 0 Å². The van der Waals surface area contributed by atoms with Crippen LogP contribution in [0.5, 0.6) is 5.88 Å². The molecule has 25 heavy (non-hydrogen) atoms. The highest BCUT2D eigenvalue weighted by molar-refractivity contribution is 6.13. The molecule has 2 aromatic heterocycles. The molecule has 2 atom stereocenters. The van der Waals surface area contributed by atoms with Crippen molar-refractivity contribution in [2.24, 2.45) is 0 Å². The number of rotatable bonds is 4. The molecule has 4 heterocycles. The molecule has 0 saturated carbocycles. The number of morpholine rings is 1. The van der Waals surface area contributed by atoms with Crippen LogP contribution in [0.2, 0.25) is 0 Å². The second kappa shape index (κ2) is 6.33. The van der Waals surface area contributed by atoms with Gasteiger partial charge in [0.1, 0.15) is 11.4 Å². The fourth-order valence-corrected chi connectivity index (χ4v) is 3.76. The smallest absolute Gasteiger partial charge is 0.229 e. The lowest BCUT2D eigenvalue weighted by Crippen LogP contribution is -2.46. The molecule has 0 amide bonds. The first-order valence-corrected chi connectivity index (χ1v) is 8.43. The zero-order valence-corrected chi connectivity index (χ0v) is 14.2. The molecule has 2 aliphatic rings. The van der Waals surface area contributed by atoms with Gasteiger partial charge in [-0.15, -0.1) is 0 Å². The van der Waals surface area contributed by atoms with Gasteiger partial charge in [-0.05, 0) is 31.0 Å². The van der Waals surface area contributed by atoms with E-state index in [2.05, 4.69) is 14.9 Å². The Morgan fingerprint density at radius 3 is 2.68 bits per heavy atom. The van der Waals surface area contributed by atoms with Crippen LogP contribution in [0.15, 0.2) is 30.6 Å². The number of aromatic nitrogens is 2. The van der Waals surface area contributed by atoms with Crippen LogP contribution in [0.4, 0.5) is 11.5 Å². The van der Waals surface area contributed by atoms with E-state index in [-0.39, 0.29) is 0 Å². The minimum atomic E-state index is 0.390. The molecular formula is C18H22N5O2+. The molecule has 7 heteroatoms. The third kappa shape index (κ3) is 2.70. The minimum Gasteiger partial charge on any atom is -0.480 e. The topological polar surface area (TPSA) is 99.1 Å². The van der Waals surface area contributed by atoms with Crippen molar-refractivity contribution < 1.29 is 14.9 Å². The number of anilines is 2. The molecule has 0 spiro atoms. The van der Waals surface area contributed by atoms with Crippen molar-refractivity contribution in [3.8, 4) is 5.88 Å². The zero-order valence-electron chi connectivity index (χ0n) is 14.2. The molecule has 2 saturated heterocycles. The van der Waals surface area contributed by atoms with Crippen molar-refractivity contribution >= 4 is 17.2 Å². The second-order valence-electron chi connectivity index (χ2n) is 6.43. The van der Waals surface area contributed by atoms with Crippen LogP contribution in [-0.2, 0) is 4.74 Å². The van der Waals surface area contributed by atoms with E-state index in [1.807, 2.05) is 12.1 Å². The third-order valence-corrected chi connectivity index (χ3v) is 4.97. The Hall–Kier alpha value is -2.67. The summed E-state index contributed by atoms with van der Waals surface area (Å²) in [5.41, 5.74) is 8.65. The standard InChI is InChI=1S/C18H21N5O2/c1-24-18-16(14(19)5-7-22-18)17(20)11-4-6-21-15(8-11)23-12-2-3-13(23)10-25-9-12/h4-8,12-13,20H,2-3,9-10H2,1H3,(H2,19,22)/p+1/t12-,13+. The molecule has 0 aliphatic carbocycles. The number of nitrogen functional groups attached to an aromatic ring is 1. The SMILES string of the molecule is COc1nccc(N)c1C(=[NH2+])c1ccnc(N2[C@@H]3CC[C@H]2COC3)c1. The largest absolute Gasteiger partial charge is 0.480 e. The molecular weight excluding hydrogens is 318 g/mol. The van der Waals surface area contributed by atoms with Gasteiger partial charge in [-0.1, -0.05) is 0 Å². The second-order valence-corrected chi connectivity index (χ2v) is 6.43. The monoisotopic (exact) mass is 340 g/mol. The van der Waals surface area contributed by atoms with Gasteiger partial charge in [0.25, 0.3) is 0 Å². The van der Waals surface area contributed by atoms with Crippen LogP contribution in [0.3, 0.4) is 0 Å². The first kappa shape index (κ1) is 15.8. The van der Waals surface area contributed by atoms with E-state index in [4.69, 9.17) is 20.6 Å². The van der Waals surface area contributed by atoms with E-state index in [0.717, 1.165) is 37.4 Å². The molecule has 4 rings (SSSR count). The highest BCUT2D eigenvalue weighted by Gasteiger charge is 2.38. The Labute approximate surface area is 146 Å². The fraction of sp³-hybridized carbons (Fsp3) is 0.389. The van der Waals surface area contributed by atoms with Crippen molar-refractivity contribution in [3.05, 3.63) is 41.7 Å². The van der Waals surface area contributed by atoms with Crippen LogP contribution < -0.4 is 20.8 Å². The summed E-state index contributed by atoms with van der Waals surface area (Å²) in [6.07, 6.45) is 5.66. The van der Waals surface area contributed by atoms with Crippen LogP contribution in [0.1, 0.15) is 24.0 Å². The Bertz CT molecular complexity index is 794. The summed E-state index contributed by atoms with van der Waals surface area (Å²) >= 11 is 0. The first-order valence-electron chi connectivity index (χ1n) is 8.43. The molecule has 0 unspecified atom stereocenters. The Balaban J connectivity index is 1.70. The highest BCUT2D eigenvalue weighted by Crippen LogP contribution is 2.33. The van der Waals surface area contributed by atoms with Gasteiger partial charge < -0.3 is 20.1 Å². The number of hydrogen-bond donors (Lipinski definition) is 2. The summed E-state index contributed by atoms with van der Waals surface area (Å²) in [7, 11) is 1.56. The highest BCUT2D eigenvalue weighted by atomic mass is 16.5. The number of nitrogens with zero attached hydrogens (tertiary/aromatic N) is 3. The van der Waals surface area contributed by atoms with Crippen molar-refractivity contribution in [1.82, 2.24) is 9.97 Å². The van der Waals surface area contributed by atoms with E-state index >= 15 is 0 Å². The molecule has 2 fully saturated rings. The molecule has 2 aliphatic heterocycles. The number of nitrogens with two attached hydrogens (primary N) is 2. The lowest BCUT2D eigenvalue weighted by atomic mass is 10.0. The lowest BCUT2D eigenvalue weighted by molar-refractivity contribution is -0.111. The molecule has 4 N–H and O–H groups in total. The van der Waals surface area contributed by atoms with E-state index in [9.17, 15) is 0 Å². The van der Waals surface area contributed by atoms with E-state index in [0.29, 0.717) is 34.9 Å². The predicted molar refractivity (Wildman–Crippen MR) is 94.7 cm³/mol.